The highest BCUT2D eigenvalue weighted by atomic mass is 35.5. The van der Waals surface area contributed by atoms with Crippen LogP contribution < -0.4 is 5.32 Å². The van der Waals surface area contributed by atoms with Gasteiger partial charge in [-0.2, -0.15) is 0 Å². The third-order valence-electron chi connectivity index (χ3n) is 3.39. The second-order valence-electron chi connectivity index (χ2n) is 5.15. The molecule has 0 saturated heterocycles. The Bertz CT molecular complexity index is 599. The minimum absolute atomic E-state index is 0.0806. The van der Waals surface area contributed by atoms with Crippen molar-refractivity contribution in [1.29, 1.82) is 0 Å². The van der Waals surface area contributed by atoms with Crippen LogP contribution in [0.5, 0.6) is 0 Å². The standard InChI is InChI=1S/C15H22ClNO3S/c1-4-6-7-11(5-2)15(18)17-14-10-12(21(3,19)20)8-9-13(14)16/h8-11H,4-7H2,1-3H3,(H,17,18)/t11-/m1/s1. The van der Waals surface area contributed by atoms with Gasteiger partial charge in [0.05, 0.1) is 15.6 Å². The molecule has 0 spiro atoms. The Morgan fingerprint density at radius 1 is 1.33 bits per heavy atom. The van der Waals surface area contributed by atoms with E-state index in [2.05, 4.69) is 12.2 Å². The summed E-state index contributed by atoms with van der Waals surface area (Å²) >= 11 is 6.03. The minimum atomic E-state index is -3.33. The maximum atomic E-state index is 12.2. The second-order valence-corrected chi connectivity index (χ2v) is 7.57. The first-order valence-electron chi connectivity index (χ1n) is 7.10. The van der Waals surface area contributed by atoms with Crippen molar-refractivity contribution in [1.82, 2.24) is 0 Å². The van der Waals surface area contributed by atoms with Crippen molar-refractivity contribution >= 4 is 33.0 Å². The molecule has 1 N–H and O–H groups in total. The Balaban J connectivity index is 2.93. The predicted octanol–water partition coefficient (Wildman–Crippen LogP) is 3.90. The highest BCUT2D eigenvalue weighted by Crippen LogP contribution is 2.26. The molecule has 0 heterocycles. The van der Waals surface area contributed by atoms with E-state index < -0.39 is 9.84 Å². The molecule has 0 bridgehead atoms. The monoisotopic (exact) mass is 331 g/mol. The zero-order valence-electron chi connectivity index (χ0n) is 12.6. The first kappa shape index (κ1) is 18.0. The molecule has 1 aromatic carbocycles. The molecule has 1 rings (SSSR count). The molecule has 0 fully saturated rings. The molecule has 0 aliphatic rings. The van der Waals surface area contributed by atoms with E-state index in [0.717, 1.165) is 31.9 Å². The van der Waals surface area contributed by atoms with Gasteiger partial charge in [-0.05, 0) is 31.0 Å². The molecule has 0 aromatic heterocycles. The molecule has 1 amide bonds. The summed E-state index contributed by atoms with van der Waals surface area (Å²) in [4.78, 5) is 12.4. The lowest BCUT2D eigenvalue weighted by Crippen LogP contribution is -2.22. The van der Waals surface area contributed by atoms with Crippen LogP contribution in [-0.2, 0) is 14.6 Å². The van der Waals surface area contributed by atoms with Crippen LogP contribution in [-0.4, -0.2) is 20.6 Å². The number of rotatable bonds is 7. The average molecular weight is 332 g/mol. The molecule has 21 heavy (non-hydrogen) atoms. The van der Waals surface area contributed by atoms with Crippen LogP contribution in [0.2, 0.25) is 5.02 Å². The topological polar surface area (TPSA) is 63.2 Å². The van der Waals surface area contributed by atoms with Crippen LogP contribution in [0, 0.1) is 5.92 Å². The third-order valence-corrected chi connectivity index (χ3v) is 4.83. The Morgan fingerprint density at radius 2 is 2.00 bits per heavy atom. The molecular weight excluding hydrogens is 310 g/mol. The van der Waals surface area contributed by atoms with Gasteiger partial charge in [-0.3, -0.25) is 4.79 Å². The van der Waals surface area contributed by atoms with E-state index in [9.17, 15) is 13.2 Å². The van der Waals surface area contributed by atoms with Crippen LogP contribution in [0.25, 0.3) is 0 Å². The molecule has 0 aliphatic heterocycles. The van der Waals surface area contributed by atoms with Crippen molar-refractivity contribution in [3.05, 3.63) is 23.2 Å². The molecule has 0 aliphatic carbocycles. The number of halogens is 1. The fourth-order valence-electron chi connectivity index (χ4n) is 2.04. The van der Waals surface area contributed by atoms with Gasteiger partial charge in [0.15, 0.2) is 9.84 Å². The number of hydrogen-bond donors (Lipinski definition) is 1. The van der Waals surface area contributed by atoms with Crippen LogP contribution in [0.4, 0.5) is 5.69 Å². The van der Waals surface area contributed by atoms with E-state index in [1.165, 1.54) is 18.2 Å². The summed E-state index contributed by atoms with van der Waals surface area (Å²) in [6.07, 6.45) is 4.71. The fourth-order valence-corrected chi connectivity index (χ4v) is 2.85. The van der Waals surface area contributed by atoms with Gasteiger partial charge in [0, 0.05) is 12.2 Å². The smallest absolute Gasteiger partial charge is 0.227 e. The SMILES string of the molecule is CCCC[C@@H](CC)C(=O)Nc1cc(S(C)(=O)=O)ccc1Cl. The van der Waals surface area contributed by atoms with Gasteiger partial charge in [0.2, 0.25) is 5.91 Å². The Hall–Kier alpha value is -1.07. The predicted molar refractivity (Wildman–Crippen MR) is 86.5 cm³/mol. The number of unbranched alkanes of at least 4 members (excludes halogenated alkanes) is 1. The number of carbonyl (C=O) groups is 1. The van der Waals surface area contributed by atoms with Crippen molar-refractivity contribution < 1.29 is 13.2 Å². The summed E-state index contributed by atoms with van der Waals surface area (Å²) in [6.45, 7) is 4.05. The molecule has 118 valence electrons. The Kier molecular flexibility index (Phi) is 6.68. The number of carbonyl (C=O) groups excluding carboxylic acids is 1. The van der Waals surface area contributed by atoms with Gasteiger partial charge in [0.1, 0.15) is 0 Å². The number of hydrogen-bond acceptors (Lipinski definition) is 3. The van der Waals surface area contributed by atoms with Crippen LogP contribution >= 0.6 is 11.6 Å². The summed E-state index contributed by atoms with van der Waals surface area (Å²) < 4.78 is 23.1. The summed E-state index contributed by atoms with van der Waals surface area (Å²) in [5.41, 5.74) is 0.347. The molecule has 0 unspecified atom stereocenters. The summed E-state index contributed by atoms with van der Waals surface area (Å²) in [5, 5.41) is 3.08. The molecule has 6 heteroatoms. The Morgan fingerprint density at radius 3 is 2.52 bits per heavy atom. The highest BCUT2D eigenvalue weighted by Gasteiger charge is 2.18. The van der Waals surface area contributed by atoms with E-state index in [1.807, 2.05) is 6.92 Å². The van der Waals surface area contributed by atoms with Crippen molar-refractivity contribution in [2.75, 3.05) is 11.6 Å². The largest absolute Gasteiger partial charge is 0.324 e. The highest BCUT2D eigenvalue weighted by molar-refractivity contribution is 7.90. The van der Waals surface area contributed by atoms with Gasteiger partial charge in [-0.15, -0.1) is 0 Å². The first-order valence-corrected chi connectivity index (χ1v) is 9.37. The molecule has 1 atom stereocenters. The molecule has 4 nitrogen and oxygen atoms in total. The quantitative estimate of drug-likeness (QED) is 0.824. The second kappa shape index (κ2) is 7.80. The van der Waals surface area contributed by atoms with Gasteiger partial charge in [-0.1, -0.05) is 38.3 Å². The van der Waals surface area contributed by atoms with E-state index in [4.69, 9.17) is 11.6 Å². The normalized spacial score (nSPS) is 13.0. The molecular formula is C15H22ClNO3S. The van der Waals surface area contributed by atoms with Gasteiger partial charge >= 0.3 is 0 Å². The van der Waals surface area contributed by atoms with E-state index >= 15 is 0 Å². The lowest BCUT2D eigenvalue weighted by atomic mass is 9.98. The maximum absolute atomic E-state index is 12.2. The first-order chi connectivity index (χ1) is 9.79. The zero-order chi connectivity index (χ0) is 16.0. The molecule has 1 aromatic rings. The minimum Gasteiger partial charge on any atom is -0.324 e. The van der Waals surface area contributed by atoms with Crippen LogP contribution in [0.1, 0.15) is 39.5 Å². The van der Waals surface area contributed by atoms with E-state index in [-0.39, 0.29) is 16.7 Å². The number of amides is 1. The maximum Gasteiger partial charge on any atom is 0.227 e. The average Bonchev–Trinajstić information content (AvgIpc) is 2.41. The summed E-state index contributed by atoms with van der Waals surface area (Å²) in [7, 11) is -3.33. The van der Waals surface area contributed by atoms with E-state index in [1.54, 1.807) is 0 Å². The summed E-state index contributed by atoms with van der Waals surface area (Å²) in [6, 6.07) is 4.32. The fraction of sp³-hybridized carbons (Fsp3) is 0.533. The van der Waals surface area contributed by atoms with Crippen molar-refractivity contribution in [3.63, 3.8) is 0 Å². The molecule has 0 radical (unpaired) electrons. The van der Waals surface area contributed by atoms with Crippen molar-refractivity contribution in [3.8, 4) is 0 Å². The zero-order valence-corrected chi connectivity index (χ0v) is 14.2. The van der Waals surface area contributed by atoms with Crippen molar-refractivity contribution in [2.45, 2.75) is 44.4 Å². The number of nitrogens with one attached hydrogen (secondary N) is 1. The number of benzene rings is 1. The summed E-state index contributed by atoms with van der Waals surface area (Å²) in [5.74, 6) is -0.193. The third kappa shape index (κ3) is 5.32. The van der Waals surface area contributed by atoms with Gasteiger partial charge < -0.3 is 5.32 Å². The van der Waals surface area contributed by atoms with E-state index in [0.29, 0.717) is 10.7 Å². The Labute approximate surface area is 131 Å². The lowest BCUT2D eigenvalue weighted by molar-refractivity contribution is -0.120. The number of sulfone groups is 1. The van der Waals surface area contributed by atoms with Crippen LogP contribution in [0.3, 0.4) is 0 Å². The van der Waals surface area contributed by atoms with Gasteiger partial charge in [0.25, 0.3) is 0 Å². The number of anilines is 1. The molecule has 0 saturated carbocycles. The van der Waals surface area contributed by atoms with Crippen LogP contribution in [0.15, 0.2) is 23.1 Å². The van der Waals surface area contributed by atoms with Crippen molar-refractivity contribution in [2.24, 2.45) is 5.92 Å². The lowest BCUT2D eigenvalue weighted by Gasteiger charge is -2.15. The van der Waals surface area contributed by atoms with Gasteiger partial charge in [-0.25, -0.2) is 8.42 Å².